The molecule has 0 aliphatic carbocycles. The molecule has 56 valence electrons. The van der Waals surface area contributed by atoms with E-state index in [9.17, 15) is 4.79 Å². The quantitative estimate of drug-likeness (QED) is 0.376. The van der Waals surface area contributed by atoms with Crippen molar-refractivity contribution in [2.45, 2.75) is 26.9 Å². The largest absolute Gasteiger partial charge is 0.458 e. The van der Waals surface area contributed by atoms with Crippen LogP contribution in [-0.2, 0) is 9.53 Å². The molecule has 1 fully saturated rings. The van der Waals surface area contributed by atoms with Gasteiger partial charge in [-0.2, -0.15) is 0 Å². The average Bonchev–Trinajstić information content (AvgIpc) is 1.97. The van der Waals surface area contributed by atoms with E-state index < -0.39 is 0 Å². The summed E-state index contributed by atoms with van der Waals surface area (Å²) in [5.41, 5.74) is 0.400. The molecule has 1 aliphatic rings. The number of rotatable bonds is 0. The van der Waals surface area contributed by atoms with Gasteiger partial charge >= 0.3 is 5.97 Å². The molecule has 0 saturated carbocycles. The first-order valence-corrected chi connectivity index (χ1v) is 3.36. The summed E-state index contributed by atoms with van der Waals surface area (Å²) >= 11 is 0. The monoisotopic (exact) mass is 140 g/mol. The SMILES string of the molecule is C=C1C(=O)OC(C)C1(C)C. The Labute approximate surface area is 60.9 Å². The Balaban J connectivity index is 2.96. The van der Waals surface area contributed by atoms with Gasteiger partial charge in [0.1, 0.15) is 6.10 Å². The van der Waals surface area contributed by atoms with Crippen molar-refractivity contribution >= 4 is 5.97 Å². The Morgan fingerprint density at radius 2 is 2.10 bits per heavy atom. The standard InChI is InChI=1S/C8H12O2/c1-5-7(9)10-6(2)8(5,3)4/h6H,1H2,2-4H3. The van der Waals surface area contributed by atoms with E-state index in [-0.39, 0.29) is 17.5 Å². The van der Waals surface area contributed by atoms with E-state index >= 15 is 0 Å². The van der Waals surface area contributed by atoms with Gasteiger partial charge < -0.3 is 4.74 Å². The number of hydrogen-bond acceptors (Lipinski definition) is 2. The van der Waals surface area contributed by atoms with E-state index in [0.717, 1.165) is 0 Å². The zero-order chi connectivity index (χ0) is 7.94. The molecule has 0 N–H and O–H groups in total. The van der Waals surface area contributed by atoms with E-state index in [0.29, 0.717) is 5.57 Å². The van der Waals surface area contributed by atoms with Gasteiger partial charge in [0, 0.05) is 11.0 Å². The van der Waals surface area contributed by atoms with E-state index in [1.54, 1.807) is 0 Å². The van der Waals surface area contributed by atoms with Gasteiger partial charge in [0.25, 0.3) is 0 Å². The molecule has 1 heterocycles. The molecule has 1 rings (SSSR count). The molecule has 0 spiro atoms. The molecule has 0 radical (unpaired) electrons. The molecule has 10 heavy (non-hydrogen) atoms. The first kappa shape index (κ1) is 7.32. The summed E-state index contributed by atoms with van der Waals surface area (Å²) in [5.74, 6) is -0.252. The predicted molar refractivity (Wildman–Crippen MR) is 38.5 cm³/mol. The maximum absolute atomic E-state index is 10.9. The van der Waals surface area contributed by atoms with Crippen LogP contribution < -0.4 is 0 Å². The molecule has 0 aromatic rings. The third-order valence-electron chi connectivity index (χ3n) is 2.32. The molecule has 0 bridgehead atoms. The van der Waals surface area contributed by atoms with Gasteiger partial charge in [0.2, 0.25) is 0 Å². The van der Waals surface area contributed by atoms with Crippen molar-refractivity contribution in [1.29, 1.82) is 0 Å². The number of esters is 1. The van der Waals surface area contributed by atoms with Gasteiger partial charge in [-0.25, -0.2) is 4.79 Å². The fraction of sp³-hybridized carbons (Fsp3) is 0.625. The van der Waals surface area contributed by atoms with Crippen LogP contribution in [0.15, 0.2) is 12.2 Å². The first-order valence-electron chi connectivity index (χ1n) is 3.36. The number of hydrogen-bond donors (Lipinski definition) is 0. The minimum atomic E-state index is -0.252. The highest BCUT2D eigenvalue weighted by Gasteiger charge is 2.42. The first-order chi connectivity index (χ1) is 4.46. The lowest BCUT2D eigenvalue weighted by Gasteiger charge is -2.19. The van der Waals surface area contributed by atoms with E-state index in [1.807, 2.05) is 20.8 Å². The summed E-state index contributed by atoms with van der Waals surface area (Å²) < 4.78 is 4.95. The lowest BCUT2D eigenvalue weighted by molar-refractivity contribution is -0.138. The predicted octanol–water partition coefficient (Wildman–Crippen LogP) is 1.51. The molecule has 1 saturated heterocycles. The van der Waals surface area contributed by atoms with Crippen molar-refractivity contribution in [2.24, 2.45) is 5.41 Å². The molecule has 1 atom stereocenters. The Kier molecular flexibility index (Phi) is 1.35. The summed E-state index contributed by atoms with van der Waals surface area (Å²) in [5, 5.41) is 0. The summed E-state index contributed by atoms with van der Waals surface area (Å²) in [6.07, 6.45) is -0.0347. The normalized spacial score (nSPS) is 30.5. The van der Waals surface area contributed by atoms with Crippen LogP contribution in [0.5, 0.6) is 0 Å². The number of carbonyl (C=O) groups is 1. The number of cyclic esters (lactones) is 1. The smallest absolute Gasteiger partial charge is 0.334 e. The highest BCUT2D eigenvalue weighted by atomic mass is 16.6. The van der Waals surface area contributed by atoms with E-state index in [1.165, 1.54) is 0 Å². The van der Waals surface area contributed by atoms with Gasteiger partial charge in [0.05, 0.1) is 0 Å². The summed E-state index contributed by atoms with van der Waals surface area (Å²) in [6.45, 7) is 9.48. The van der Waals surface area contributed by atoms with Crippen LogP contribution in [0.2, 0.25) is 0 Å². The molecule has 1 aliphatic heterocycles. The molecule has 2 heteroatoms. The minimum Gasteiger partial charge on any atom is -0.458 e. The second-order valence-electron chi connectivity index (χ2n) is 3.25. The Hall–Kier alpha value is -0.790. The van der Waals surface area contributed by atoms with Crippen LogP contribution in [0.3, 0.4) is 0 Å². The van der Waals surface area contributed by atoms with Crippen LogP contribution in [0.1, 0.15) is 20.8 Å². The maximum Gasteiger partial charge on any atom is 0.334 e. The van der Waals surface area contributed by atoms with Gasteiger partial charge in [0.15, 0.2) is 0 Å². The summed E-state index contributed by atoms with van der Waals surface area (Å²) in [6, 6.07) is 0. The van der Waals surface area contributed by atoms with E-state index in [2.05, 4.69) is 6.58 Å². The van der Waals surface area contributed by atoms with Gasteiger partial charge in [-0.3, -0.25) is 0 Å². The molecule has 1 unspecified atom stereocenters. The van der Waals surface area contributed by atoms with Crippen molar-refractivity contribution < 1.29 is 9.53 Å². The van der Waals surface area contributed by atoms with Crippen LogP contribution >= 0.6 is 0 Å². The number of carbonyl (C=O) groups excluding carboxylic acids is 1. The fourth-order valence-electron chi connectivity index (χ4n) is 0.887. The highest BCUT2D eigenvalue weighted by molar-refractivity contribution is 5.91. The molecule has 0 aromatic heterocycles. The highest BCUT2D eigenvalue weighted by Crippen LogP contribution is 2.37. The lowest BCUT2D eigenvalue weighted by Crippen LogP contribution is -2.21. The third-order valence-corrected chi connectivity index (χ3v) is 2.32. The number of ether oxygens (including phenoxy) is 1. The minimum absolute atomic E-state index is 0.0347. The zero-order valence-corrected chi connectivity index (χ0v) is 6.60. The third kappa shape index (κ3) is 0.753. The average molecular weight is 140 g/mol. The van der Waals surface area contributed by atoms with Crippen molar-refractivity contribution in [1.82, 2.24) is 0 Å². The molecule has 0 aromatic carbocycles. The molecule has 2 nitrogen and oxygen atoms in total. The zero-order valence-electron chi connectivity index (χ0n) is 6.60. The topological polar surface area (TPSA) is 26.3 Å². The van der Waals surface area contributed by atoms with Crippen LogP contribution in [0, 0.1) is 5.41 Å². The second-order valence-corrected chi connectivity index (χ2v) is 3.25. The van der Waals surface area contributed by atoms with Crippen molar-refractivity contribution in [3.05, 3.63) is 12.2 Å². The van der Waals surface area contributed by atoms with Crippen molar-refractivity contribution in [3.8, 4) is 0 Å². The Morgan fingerprint density at radius 1 is 1.60 bits per heavy atom. The molecular formula is C8H12O2. The molecular weight excluding hydrogens is 128 g/mol. The summed E-state index contributed by atoms with van der Waals surface area (Å²) in [4.78, 5) is 10.9. The van der Waals surface area contributed by atoms with E-state index in [4.69, 9.17) is 4.74 Å². The molecule has 0 amide bonds. The Morgan fingerprint density at radius 3 is 2.20 bits per heavy atom. The van der Waals surface area contributed by atoms with Gasteiger partial charge in [-0.1, -0.05) is 20.4 Å². The Bertz CT molecular complexity index is 191. The van der Waals surface area contributed by atoms with Gasteiger partial charge in [-0.05, 0) is 6.92 Å². The lowest BCUT2D eigenvalue weighted by atomic mass is 9.83. The van der Waals surface area contributed by atoms with Crippen LogP contribution in [-0.4, -0.2) is 12.1 Å². The van der Waals surface area contributed by atoms with Crippen molar-refractivity contribution in [3.63, 3.8) is 0 Å². The maximum atomic E-state index is 10.9. The van der Waals surface area contributed by atoms with Crippen LogP contribution in [0.4, 0.5) is 0 Å². The second kappa shape index (κ2) is 1.84. The van der Waals surface area contributed by atoms with Crippen molar-refractivity contribution in [2.75, 3.05) is 0 Å². The fourth-order valence-corrected chi connectivity index (χ4v) is 0.887. The van der Waals surface area contributed by atoms with Gasteiger partial charge in [-0.15, -0.1) is 0 Å². The summed E-state index contributed by atoms with van der Waals surface area (Å²) in [7, 11) is 0. The van der Waals surface area contributed by atoms with Crippen LogP contribution in [0.25, 0.3) is 0 Å².